The smallest absolute Gasteiger partial charge is 0.00952 e. The molecule has 0 heterocycles. The van der Waals surface area contributed by atoms with E-state index in [1.54, 1.807) is 0 Å². The van der Waals surface area contributed by atoms with Gasteiger partial charge in [0.2, 0.25) is 0 Å². The van der Waals surface area contributed by atoms with Gasteiger partial charge in [0, 0.05) is 6.04 Å². The quantitative estimate of drug-likeness (QED) is 0.463. The lowest BCUT2D eigenvalue weighted by Crippen LogP contribution is -2.38. The standard InChI is InChI=1S/C19H39N/c1-4-7-8-9-10-12-19(20-6-3)18-15-13-17(11-5-2)14-16-18/h17-20H,4-16H2,1-3H3. The van der Waals surface area contributed by atoms with Gasteiger partial charge < -0.3 is 5.32 Å². The summed E-state index contributed by atoms with van der Waals surface area (Å²) >= 11 is 0. The fourth-order valence-electron chi connectivity index (χ4n) is 4.02. The second kappa shape index (κ2) is 11.6. The lowest BCUT2D eigenvalue weighted by Gasteiger charge is -2.34. The van der Waals surface area contributed by atoms with Gasteiger partial charge in [0.05, 0.1) is 0 Å². The molecular weight excluding hydrogens is 242 g/mol. The van der Waals surface area contributed by atoms with E-state index in [-0.39, 0.29) is 0 Å². The maximum atomic E-state index is 3.79. The molecule has 0 aromatic carbocycles. The monoisotopic (exact) mass is 281 g/mol. The Morgan fingerprint density at radius 3 is 2.15 bits per heavy atom. The molecule has 1 rings (SSSR count). The van der Waals surface area contributed by atoms with Crippen molar-refractivity contribution < 1.29 is 0 Å². The van der Waals surface area contributed by atoms with Crippen molar-refractivity contribution in [3.05, 3.63) is 0 Å². The second-order valence-corrected chi connectivity index (χ2v) is 6.94. The summed E-state index contributed by atoms with van der Waals surface area (Å²) < 4.78 is 0. The Balaban J connectivity index is 2.23. The summed E-state index contributed by atoms with van der Waals surface area (Å²) in [5, 5.41) is 3.79. The zero-order chi connectivity index (χ0) is 14.6. The van der Waals surface area contributed by atoms with E-state index in [1.807, 2.05) is 0 Å². The average molecular weight is 282 g/mol. The topological polar surface area (TPSA) is 12.0 Å². The van der Waals surface area contributed by atoms with Crippen LogP contribution >= 0.6 is 0 Å². The van der Waals surface area contributed by atoms with Crippen LogP contribution in [0, 0.1) is 11.8 Å². The summed E-state index contributed by atoms with van der Waals surface area (Å²) in [4.78, 5) is 0. The Morgan fingerprint density at radius 2 is 1.55 bits per heavy atom. The fraction of sp³-hybridized carbons (Fsp3) is 1.00. The lowest BCUT2D eigenvalue weighted by molar-refractivity contribution is 0.206. The van der Waals surface area contributed by atoms with Crippen molar-refractivity contribution in [2.24, 2.45) is 11.8 Å². The van der Waals surface area contributed by atoms with E-state index in [4.69, 9.17) is 0 Å². The largest absolute Gasteiger partial charge is 0.314 e. The van der Waals surface area contributed by atoms with Crippen molar-refractivity contribution in [2.75, 3.05) is 6.54 Å². The highest BCUT2D eigenvalue weighted by Crippen LogP contribution is 2.34. The molecular formula is C19H39N. The van der Waals surface area contributed by atoms with Crippen molar-refractivity contribution in [3.63, 3.8) is 0 Å². The van der Waals surface area contributed by atoms with Crippen LogP contribution in [0.15, 0.2) is 0 Å². The van der Waals surface area contributed by atoms with E-state index in [0.29, 0.717) is 0 Å². The predicted octanol–water partition coefficient (Wildman–Crippen LogP) is 5.93. The lowest BCUT2D eigenvalue weighted by atomic mass is 9.76. The Kier molecular flexibility index (Phi) is 10.4. The maximum absolute atomic E-state index is 3.79. The number of rotatable bonds is 11. The van der Waals surface area contributed by atoms with E-state index >= 15 is 0 Å². The van der Waals surface area contributed by atoms with Crippen LogP contribution in [0.25, 0.3) is 0 Å². The normalized spacial score (nSPS) is 24.8. The molecule has 0 aliphatic heterocycles. The van der Waals surface area contributed by atoms with Gasteiger partial charge in [0.25, 0.3) is 0 Å². The van der Waals surface area contributed by atoms with Crippen molar-refractivity contribution in [2.45, 2.75) is 104 Å². The van der Waals surface area contributed by atoms with Crippen LogP contribution in [0.4, 0.5) is 0 Å². The minimum atomic E-state index is 0.809. The molecule has 20 heavy (non-hydrogen) atoms. The van der Waals surface area contributed by atoms with E-state index in [9.17, 15) is 0 Å². The van der Waals surface area contributed by atoms with Gasteiger partial charge in [-0.25, -0.2) is 0 Å². The van der Waals surface area contributed by atoms with Crippen molar-refractivity contribution in [3.8, 4) is 0 Å². The highest BCUT2D eigenvalue weighted by Gasteiger charge is 2.26. The molecule has 1 saturated carbocycles. The minimum absolute atomic E-state index is 0.809. The van der Waals surface area contributed by atoms with Crippen LogP contribution in [0.1, 0.15) is 97.8 Å². The fourth-order valence-corrected chi connectivity index (χ4v) is 4.02. The highest BCUT2D eigenvalue weighted by atomic mass is 14.9. The SMILES string of the molecule is CCCCCCCC(NCC)C1CCC(CCC)CC1. The van der Waals surface area contributed by atoms with Gasteiger partial charge in [-0.05, 0) is 37.6 Å². The number of hydrogen-bond acceptors (Lipinski definition) is 1. The maximum Gasteiger partial charge on any atom is 0.00952 e. The Morgan fingerprint density at radius 1 is 0.850 bits per heavy atom. The third-order valence-corrected chi connectivity index (χ3v) is 5.24. The summed E-state index contributed by atoms with van der Waals surface area (Å²) in [6.07, 6.45) is 17.3. The number of nitrogens with one attached hydrogen (secondary N) is 1. The minimum Gasteiger partial charge on any atom is -0.314 e. The van der Waals surface area contributed by atoms with Crippen LogP contribution in [0.5, 0.6) is 0 Å². The average Bonchev–Trinajstić information content (AvgIpc) is 2.47. The molecule has 0 amide bonds. The molecule has 1 heteroatoms. The van der Waals surface area contributed by atoms with Crippen LogP contribution in [0.2, 0.25) is 0 Å². The van der Waals surface area contributed by atoms with Gasteiger partial charge in [-0.1, -0.05) is 78.6 Å². The first-order valence-electron chi connectivity index (χ1n) is 9.55. The molecule has 0 radical (unpaired) electrons. The summed E-state index contributed by atoms with van der Waals surface area (Å²) in [5.41, 5.74) is 0. The first kappa shape index (κ1) is 18.0. The summed E-state index contributed by atoms with van der Waals surface area (Å²) in [6, 6.07) is 0.809. The summed E-state index contributed by atoms with van der Waals surface area (Å²) in [5.74, 6) is 2.01. The van der Waals surface area contributed by atoms with E-state index in [2.05, 4.69) is 26.1 Å². The van der Waals surface area contributed by atoms with Crippen molar-refractivity contribution in [1.29, 1.82) is 0 Å². The van der Waals surface area contributed by atoms with Gasteiger partial charge in [0.1, 0.15) is 0 Å². The van der Waals surface area contributed by atoms with Gasteiger partial charge in [-0.2, -0.15) is 0 Å². The Labute approximate surface area is 128 Å². The molecule has 1 unspecified atom stereocenters. The summed E-state index contributed by atoms with van der Waals surface area (Å²) in [7, 11) is 0. The van der Waals surface area contributed by atoms with Crippen LogP contribution in [-0.2, 0) is 0 Å². The molecule has 1 nitrogen and oxygen atoms in total. The molecule has 1 atom stereocenters. The molecule has 120 valence electrons. The van der Waals surface area contributed by atoms with E-state index in [0.717, 1.165) is 24.4 Å². The molecule has 0 bridgehead atoms. The Bertz CT molecular complexity index is 206. The zero-order valence-corrected chi connectivity index (χ0v) is 14.4. The molecule has 1 fully saturated rings. The van der Waals surface area contributed by atoms with Gasteiger partial charge >= 0.3 is 0 Å². The highest BCUT2D eigenvalue weighted by molar-refractivity contribution is 4.81. The molecule has 0 aromatic heterocycles. The van der Waals surface area contributed by atoms with Crippen molar-refractivity contribution in [1.82, 2.24) is 5.32 Å². The van der Waals surface area contributed by atoms with Gasteiger partial charge in [-0.3, -0.25) is 0 Å². The predicted molar refractivity (Wildman–Crippen MR) is 91.2 cm³/mol. The van der Waals surface area contributed by atoms with Crippen molar-refractivity contribution >= 4 is 0 Å². The third kappa shape index (κ3) is 7.11. The third-order valence-electron chi connectivity index (χ3n) is 5.24. The second-order valence-electron chi connectivity index (χ2n) is 6.94. The first-order valence-corrected chi connectivity index (χ1v) is 9.55. The molecule has 1 N–H and O–H groups in total. The van der Waals surface area contributed by atoms with E-state index < -0.39 is 0 Å². The molecule has 0 aromatic rings. The Hall–Kier alpha value is -0.0400. The summed E-state index contributed by atoms with van der Waals surface area (Å²) in [6.45, 7) is 8.06. The zero-order valence-electron chi connectivity index (χ0n) is 14.4. The number of unbranched alkanes of at least 4 members (excludes halogenated alkanes) is 4. The van der Waals surface area contributed by atoms with Gasteiger partial charge in [0.15, 0.2) is 0 Å². The molecule has 0 spiro atoms. The first-order chi connectivity index (χ1) is 9.81. The van der Waals surface area contributed by atoms with Crippen LogP contribution < -0.4 is 5.32 Å². The number of hydrogen-bond donors (Lipinski definition) is 1. The van der Waals surface area contributed by atoms with Gasteiger partial charge in [-0.15, -0.1) is 0 Å². The van der Waals surface area contributed by atoms with Crippen LogP contribution in [0.3, 0.4) is 0 Å². The van der Waals surface area contributed by atoms with Crippen LogP contribution in [-0.4, -0.2) is 12.6 Å². The molecule has 1 aliphatic rings. The molecule has 0 saturated heterocycles. The van der Waals surface area contributed by atoms with E-state index in [1.165, 1.54) is 77.0 Å². The molecule has 1 aliphatic carbocycles.